The minimum absolute atomic E-state index is 0.0686. The van der Waals surface area contributed by atoms with E-state index in [1.807, 2.05) is 0 Å². The van der Waals surface area contributed by atoms with Crippen LogP contribution in [0.15, 0.2) is 12.1 Å². The summed E-state index contributed by atoms with van der Waals surface area (Å²) in [5.41, 5.74) is 0.0815. The summed E-state index contributed by atoms with van der Waals surface area (Å²) in [5, 5.41) is 0. The van der Waals surface area contributed by atoms with Crippen LogP contribution in [-0.2, 0) is 9.53 Å². The number of amides is 1. The number of fused-ring (bicyclic) bond motifs is 1. The first-order chi connectivity index (χ1) is 10.1. The van der Waals surface area contributed by atoms with Crippen molar-refractivity contribution in [1.29, 1.82) is 0 Å². The monoisotopic (exact) mass is 296 g/mol. The molecule has 0 aliphatic carbocycles. The molecule has 0 saturated carbocycles. The summed E-state index contributed by atoms with van der Waals surface area (Å²) in [6, 6.07) is 1.70. The Hall–Kier alpha value is -1.86. The van der Waals surface area contributed by atoms with E-state index in [-0.39, 0.29) is 17.8 Å². The summed E-state index contributed by atoms with van der Waals surface area (Å²) in [6.07, 6.45) is 0. The smallest absolute Gasteiger partial charge is 0.299 e. The predicted octanol–water partition coefficient (Wildman–Crippen LogP) is 0.826. The number of ketones is 1. The Morgan fingerprint density at radius 1 is 1.05 bits per heavy atom. The van der Waals surface area contributed by atoms with E-state index in [1.165, 1.54) is 4.90 Å². The lowest BCUT2D eigenvalue weighted by Crippen LogP contribution is -2.42. The molecule has 1 aromatic rings. The molecule has 3 rings (SSSR count). The van der Waals surface area contributed by atoms with Crippen LogP contribution >= 0.6 is 0 Å². The lowest BCUT2D eigenvalue weighted by atomic mass is 10.1. The number of carbonyl (C=O) groups is 2. The Bertz CT molecular complexity index is 600. The van der Waals surface area contributed by atoms with Crippen molar-refractivity contribution >= 4 is 17.4 Å². The van der Waals surface area contributed by atoms with Crippen molar-refractivity contribution in [3.05, 3.63) is 29.3 Å². The molecule has 0 bridgehead atoms. The Balaban J connectivity index is 1.78. The molecule has 2 heterocycles. The van der Waals surface area contributed by atoms with Crippen molar-refractivity contribution in [3.63, 3.8) is 0 Å². The highest BCUT2D eigenvalue weighted by atomic mass is 19.2. The average molecular weight is 296 g/mol. The SMILES string of the molecule is O=C1C(=O)N(CCN2CCOCC2)c2cc(F)c(F)cc21. The maximum absolute atomic E-state index is 13.3. The van der Waals surface area contributed by atoms with Gasteiger partial charge in [0.25, 0.3) is 11.7 Å². The highest BCUT2D eigenvalue weighted by Gasteiger charge is 2.37. The molecule has 0 atom stereocenters. The van der Waals surface area contributed by atoms with Crippen LogP contribution in [0, 0.1) is 11.6 Å². The molecule has 0 unspecified atom stereocenters. The zero-order chi connectivity index (χ0) is 15.0. The number of Topliss-reactive ketones (excluding diaryl/α,β-unsaturated/α-hetero) is 1. The third kappa shape index (κ3) is 2.54. The molecule has 1 saturated heterocycles. The van der Waals surface area contributed by atoms with Crippen LogP contribution in [0.3, 0.4) is 0 Å². The summed E-state index contributed by atoms with van der Waals surface area (Å²) >= 11 is 0. The fraction of sp³-hybridized carbons (Fsp3) is 0.429. The molecule has 1 fully saturated rings. The van der Waals surface area contributed by atoms with Gasteiger partial charge in [-0.1, -0.05) is 0 Å². The summed E-state index contributed by atoms with van der Waals surface area (Å²) in [7, 11) is 0. The first kappa shape index (κ1) is 14.1. The largest absolute Gasteiger partial charge is 0.379 e. The van der Waals surface area contributed by atoms with Gasteiger partial charge in [0.1, 0.15) is 0 Å². The number of hydrogen-bond acceptors (Lipinski definition) is 4. The lowest BCUT2D eigenvalue weighted by molar-refractivity contribution is -0.114. The summed E-state index contributed by atoms with van der Waals surface area (Å²) in [4.78, 5) is 27.1. The summed E-state index contributed by atoms with van der Waals surface area (Å²) < 4.78 is 31.8. The maximum Gasteiger partial charge on any atom is 0.299 e. The Morgan fingerprint density at radius 3 is 2.43 bits per heavy atom. The van der Waals surface area contributed by atoms with Gasteiger partial charge in [-0.05, 0) is 6.07 Å². The van der Waals surface area contributed by atoms with Crippen molar-refractivity contribution in [2.75, 3.05) is 44.3 Å². The molecule has 112 valence electrons. The molecule has 0 aromatic heterocycles. The van der Waals surface area contributed by atoms with Gasteiger partial charge in [-0.15, -0.1) is 0 Å². The van der Waals surface area contributed by atoms with Crippen LogP contribution in [0.5, 0.6) is 0 Å². The van der Waals surface area contributed by atoms with Gasteiger partial charge in [0.05, 0.1) is 24.5 Å². The molecule has 2 aliphatic heterocycles. The topological polar surface area (TPSA) is 49.9 Å². The van der Waals surface area contributed by atoms with E-state index < -0.39 is 23.3 Å². The van der Waals surface area contributed by atoms with E-state index >= 15 is 0 Å². The third-order valence-electron chi connectivity index (χ3n) is 3.76. The Kier molecular flexibility index (Phi) is 3.69. The predicted molar refractivity (Wildman–Crippen MR) is 70.3 cm³/mol. The second-order valence-electron chi connectivity index (χ2n) is 5.02. The standard InChI is InChI=1S/C14H14F2N2O3/c15-10-7-9-12(8-11(10)16)18(14(20)13(9)19)2-1-17-3-5-21-6-4-17/h7-8H,1-6H2. The second-order valence-corrected chi connectivity index (χ2v) is 5.02. The van der Waals surface area contributed by atoms with Gasteiger partial charge >= 0.3 is 0 Å². The zero-order valence-electron chi connectivity index (χ0n) is 11.3. The normalized spacial score (nSPS) is 19.2. The van der Waals surface area contributed by atoms with Crippen LogP contribution in [0.1, 0.15) is 10.4 Å². The molecule has 21 heavy (non-hydrogen) atoms. The Morgan fingerprint density at radius 2 is 1.71 bits per heavy atom. The van der Waals surface area contributed by atoms with E-state index in [2.05, 4.69) is 4.90 Å². The molecule has 1 amide bonds. The maximum atomic E-state index is 13.3. The van der Waals surface area contributed by atoms with E-state index in [0.717, 1.165) is 25.2 Å². The molecule has 0 spiro atoms. The minimum Gasteiger partial charge on any atom is -0.379 e. The summed E-state index contributed by atoms with van der Waals surface area (Å²) in [6.45, 7) is 3.58. The quantitative estimate of drug-likeness (QED) is 0.775. The number of benzene rings is 1. The van der Waals surface area contributed by atoms with E-state index in [0.29, 0.717) is 19.8 Å². The fourth-order valence-electron chi connectivity index (χ4n) is 2.58. The molecule has 1 aromatic carbocycles. The Labute approximate surface area is 120 Å². The first-order valence-corrected chi connectivity index (χ1v) is 6.73. The van der Waals surface area contributed by atoms with Gasteiger partial charge in [0.15, 0.2) is 11.6 Å². The molecule has 2 aliphatic rings. The van der Waals surface area contributed by atoms with Crippen molar-refractivity contribution in [3.8, 4) is 0 Å². The van der Waals surface area contributed by atoms with E-state index in [9.17, 15) is 18.4 Å². The number of nitrogens with zero attached hydrogens (tertiary/aromatic N) is 2. The van der Waals surface area contributed by atoms with Gasteiger partial charge in [-0.2, -0.15) is 0 Å². The molecule has 0 N–H and O–H groups in total. The number of morpholine rings is 1. The highest BCUT2D eigenvalue weighted by Crippen LogP contribution is 2.30. The molecule has 5 nitrogen and oxygen atoms in total. The van der Waals surface area contributed by atoms with Gasteiger partial charge in [0.2, 0.25) is 0 Å². The molecule has 0 radical (unpaired) electrons. The fourth-order valence-corrected chi connectivity index (χ4v) is 2.58. The lowest BCUT2D eigenvalue weighted by Gasteiger charge is -2.28. The van der Waals surface area contributed by atoms with Crippen molar-refractivity contribution in [1.82, 2.24) is 4.90 Å². The van der Waals surface area contributed by atoms with Gasteiger partial charge < -0.3 is 9.64 Å². The third-order valence-corrected chi connectivity index (χ3v) is 3.76. The zero-order valence-corrected chi connectivity index (χ0v) is 11.3. The highest BCUT2D eigenvalue weighted by molar-refractivity contribution is 6.52. The van der Waals surface area contributed by atoms with Crippen molar-refractivity contribution in [2.45, 2.75) is 0 Å². The number of halogens is 2. The van der Waals surface area contributed by atoms with E-state index in [4.69, 9.17) is 4.74 Å². The van der Waals surface area contributed by atoms with Crippen molar-refractivity contribution in [2.24, 2.45) is 0 Å². The number of anilines is 1. The first-order valence-electron chi connectivity index (χ1n) is 6.73. The van der Waals surface area contributed by atoms with Crippen LogP contribution in [0.25, 0.3) is 0 Å². The molecular weight excluding hydrogens is 282 g/mol. The second kappa shape index (κ2) is 5.50. The average Bonchev–Trinajstić information content (AvgIpc) is 2.71. The van der Waals surface area contributed by atoms with Crippen LogP contribution in [-0.4, -0.2) is 56.0 Å². The van der Waals surface area contributed by atoms with Crippen LogP contribution in [0.4, 0.5) is 14.5 Å². The minimum atomic E-state index is -1.12. The van der Waals surface area contributed by atoms with Gasteiger partial charge in [0, 0.05) is 32.2 Å². The summed E-state index contributed by atoms with van der Waals surface area (Å²) in [5.74, 6) is -3.70. The number of carbonyl (C=O) groups excluding carboxylic acids is 2. The van der Waals surface area contributed by atoms with Gasteiger partial charge in [-0.3, -0.25) is 14.5 Å². The van der Waals surface area contributed by atoms with Crippen LogP contribution in [0.2, 0.25) is 0 Å². The number of hydrogen-bond donors (Lipinski definition) is 0. The van der Waals surface area contributed by atoms with Crippen molar-refractivity contribution < 1.29 is 23.1 Å². The van der Waals surface area contributed by atoms with Crippen LogP contribution < -0.4 is 4.90 Å². The molecule has 7 heteroatoms. The molecular formula is C14H14F2N2O3. The van der Waals surface area contributed by atoms with E-state index in [1.54, 1.807) is 0 Å². The number of ether oxygens (including phenoxy) is 1. The number of rotatable bonds is 3. The van der Waals surface area contributed by atoms with Gasteiger partial charge in [-0.25, -0.2) is 8.78 Å².